The molecule has 1 fully saturated rings. The van der Waals surface area contributed by atoms with Crippen molar-refractivity contribution in [2.75, 3.05) is 0 Å². The van der Waals surface area contributed by atoms with Crippen LogP contribution in [0.4, 0.5) is 0 Å². The molecule has 0 aromatic carbocycles. The van der Waals surface area contributed by atoms with Crippen LogP contribution in [0.2, 0.25) is 0 Å². The lowest BCUT2D eigenvalue weighted by Crippen LogP contribution is -2.47. The third-order valence-electron chi connectivity index (χ3n) is 6.57. The number of rotatable bonds is 4. The fourth-order valence-corrected chi connectivity index (χ4v) is 5.03. The number of fused-ring (bicyclic) bond motifs is 1. The van der Waals surface area contributed by atoms with E-state index < -0.39 is 11.7 Å². The molecule has 4 heteroatoms. The summed E-state index contributed by atoms with van der Waals surface area (Å²) in [5, 5.41) is 21.4. The molecule has 0 bridgehead atoms. The Bertz CT molecular complexity index is 611. The number of hydrogen-bond donors (Lipinski definition) is 2. The number of hydrogen-bond acceptors (Lipinski definition) is 4. The largest absolute Gasteiger partial charge is 0.488 e. The first-order valence-corrected chi connectivity index (χ1v) is 9.63. The lowest BCUT2D eigenvalue weighted by atomic mass is 9.70. The van der Waals surface area contributed by atoms with Gasteiger partial charge in [0.25, 0.3) is 0 Å². The monoisotopic (exact) mass is 348 g/mol. The fraction of sp³-hybridized carbons (Fsp3) is 0.762. The van der Waals surface area contributed by atoms with Crippen LogP contribution in [-0.4, -0.2) is 33.3 Å². The van der Waals surface area contributed by atoms with Crippen LogP contribution in [-0.2, 0) is 9.53 Å². The SMILES string of the molecule is CC(C)=CCCC(C)(O)C1CC[C@@]2(C)OC3=C(C[C@@H]12)C(=O)CCC3O. The Hall–Kier alpha value is -1.13. The predicted molar refractivity (Wildman–Crippen MR) is 96.9 cm³/mol. The maximum atomic E-state index is 12.4. The normalized spacial score (nSPS) is 37.0. The van der Waals surface area contributed by atoms with Crippen LogP contribution in [0, 0.1) is 11.8 Å². The third-order valence-corrected chi connectivity index (χ3v) is 6.57. The zero-order chi connectivity index (χ0) is 18.4. The molecule has 0 radical (unpaired) electrons. The molecular weight excluding hydrogens is 316 g/mol. The zero-order valence-electron chi connectivity index (χ0n) is 16.0. The Morgan fingerprint density at radius 3 is 2.80 bits per heavy atom. The molecule has 1 heterocycles. The lowest BCUT2D eigenvalue weighted by Gasteiger charge is -2.45. The zero-order valence-corrected chi connectivity index (χ0v) is 16.0. The number of carbonyl (C=O) groups is 1. The minimum atomic E-state index is -0.772. The molecular formula is C21H32O4. The van der Waals surface area contributed by atoms with Gasteiger partial charge in [0.15, 0.2) is 5.78 Å². The number of allylic oxidation sites excluding steroid dienone is 3. The maximum Gasteiger partial charge on any atom is 0.162 e. The molecule has 1 aliphatic heterocycles. The standard InChI is InChI=1S/C21H32O4/c1-13(2)6-5-10-20(3,24)15-9-11-21(4)16(15)12-14-17(22)7-8-18(23)19(14)25-21/h6,15-16,18,23-24H,5,7-12H2,1-4H3/t15?,16-,18?,20?,21+/m0/s1. The summed E-state index contributed by atoms with van der Waals surface area (Å²) in [4.78, 5) is 12.4. The molecule has 25 heavy (non-hydrogen) atoms. The van der Waals surface area contributed by atoms with Gasteiger partial charge in [-0.1, -0.05) is 11.6 Å². The molecule has 0 amide bonds. The van der Waals surface area contributed by atoms with E-state index in [0.717, 1.165) is 25.7 Å². The van der Waals surface area contributed by atoms with Crippen molar-refractivity contribution >= 4 is 5.78 Å². The molecule has 0 saturated heterocycles. The van der Waals surface area contributed by atoms with Crippen LogP contribution in [0.3, 0.4) is 0 Å². The van der Waals surface area contributed by atoms with Gasteiger partial charge >= 0.3 is 0 Å². The Labute approximate surface area is 151 Å². The second-order valence-electron chi connectivity index (χ2n) is 8.87. The first-order chi connectivity index (χ1) is 11.6. The summed E-state index contributed by atoms with van der Waals surface area (Å²) in [6.07, 6.45) is 6.35. The summed E-state index contributed by atoms with van der Waals surface area (Å²) in [5.74, 6) is 0.864. The van der Waals surface area contributed by atoms with Crippen molar-refractivity contribution in [2.24, 2.45) is 11.8 Å². The van der Waals surface area contributed by atoms with Crippen molar-refractivity contribution in [1.82, 2.24) is 0 Å². The molecule has 2 N–H and O–H groups in total. The van der Waals surface area contributed by atoms with Crippen molar-refractivity contribution in [2.45, 2.75) is 89.9 Å². The van der Waals surface area contributed by atoms with E-state index in [2.05, 4.69) is 26.8 Å². The Morgan fingerprint density at radius 1 is 1.40 bits per heavy atom. The molecule has 0 spiro atoms. The molecule has 140 valence electrons. The highest BCUT2D eigenvalue weighted by Crippen LogP contribution is 2.55. The van der Waals surface area contributed by atoms with Gasteiger partial charge in [-0.3, -0.25) is 4.79 Å². The number of aliphatic hydroxyl groups excluding tert-OH is 1. The van der Waals surface area contributed by atoms with Crippen LogP contribution in [0.1, 0.15) is 72.6 Å². The summed E-state index contributed by atoms with van der Waals surface area (Å²) in [5.41, 5.74) is 0.784. The van der Waals surface area contributed by atoms with Gasteiger partial charge in [-0.15, -0.1) is 0 Å². The topological polar surface area (TPSA) is 66.8 Å². The first-order valence-electron chi connectivity index (χ1n) is 9.63. The van der Waals surface area contributed by atoms with E-state index in [1.54, 1.807) is 0 Å². The maximum absolute atomic E-state index is 12.4. The van der Waals surface area contributed by atoms with E-state index in [4.69, 9.17) is 4.74 Å². The highest BCUT2D eigenvalue weighted by molar-refractivity contribution is 5.97. The van der Waals surface area contributed by atoms with Crippen LogP contribution in [0.25, 0.3) is 0 Å². The van der Waals surface area contributed by atoms with E-state index in [1.165, 1.54) is 5.57 Å². The second kappa shape index (κ2) is 6.55. The van der Waals surface area contributed by atoms with E-state index in [1.807, 2.05) is 6.92 Å². The third kappa shape index (κ3) is 3.43. The molecule has 0 aromatic rings. The van der Waals surface area contributed by atoms with Crippen molar-refractivity contribution in [3.63, 3.8) is 0 Å². The van der Waals surface area contributed by atoms with Gasteiger partial charge in [0.05, 0.1) is 5.60 Å². The molecule has 5 atom stereocenters. The van der Waals surface area contributed by atoms with Gasteiger partial charge in [0, 0.05) is 17.9 Å². The smallest absolute Gasteiger partial charge is 0.162 e. The van der Waals surface area contributed by atoms with Gasteiger partial charge in [0.1, 0.15) is 17.5 Å². The molecule has 4 nitrogen and oxygen atoms in total. The first kappa shape index (κ1) is 18.7. The van der Waals surface area contributed by atoms with Gasteiger partial charge in [-0.05, 0) is 72.1 Å². The minimum absolute atomic E-state index is 0.109. The van der Waals surface area contributed by atoms with Crippen molar-refractivity contribution in [3.8, 4) is 0 Å². The van der Waals surface area contributed by atoms with Crippen molar-refractivity contribution in [3.05, 3.63) is 23.0 Å². The highest BCUT2D eigenvalue weighted by atomic mass is 16.5. The van der Waals surface area contributed by atoms with Crippen LogP contribution in [0.5, 0.6) is 0 Å². The predicted octanol–water partition coefficient (Wildman–Crippen LogP) is 3.67. The number of aliphatic hydroxyl groups is 2. The Balaban J connectivity index is 1.82. The van der Waals surface area contributed by atoms with E-state index in [-0.39, 0.29) is 23.2 Å². The molecule has 3 aliphatic rings. The molecule has 3 unspecified atom stereocenters. The van der Waals surface area contributed by atoms with E-state index >= 15 is 0 Å². The quantitative estimate of drug-likeness (QED) is 0.761. The Kier molecular flexibility index (Phi) is 4.89. The van der Waals surface area contributed by atoms with Crippen molar-refractivity contribution < 1.29 is 19.7 Å². The number of ketones is 1. The molecule has 0 aromatic heterocycles. The molecule has 3 rings (SSSR count). The lowest BCUT2D eigenvalue weighted by molar-refractivity contribution is -0.126. The summed E-state index contributed by atoms with van der Waals surface area (Å²) in [6.45, 7) is 8.16. The minimum Gasteiger partial charge on any atom is -0.488 e. The molecule has 1 saturated carbocycles. The van der Waals surface area contributed by atoms with Crippen LogP contribution in [0.15, 0.2) is 23.0 Å². The van der Waals surface area contributed by atoms with Crippen LogP contribution >= 0.6 is 0 Å². The highest BCUT2D eigenvalue weighted by Gasteiger charge is 2.56. The van der Waals surface area contributed by atoms with E-state index in [0.29, 0.717) is 30.6 Å². The second-order valence-corrected chi connectivity index (χ2v) is 8.87. The van der Waals surface area contributed by atoms with Gasteiger partial charge in [-0.25, -0.2) is 0 Å². The fourth-order valence-electron chi connectivity index (χ4n) is 5.03. The number of Topliss-reactive ketones (excluding diaryl/α,β-unsaturated/α-hetero) is 1. The Morgan fingerprint density at radius 2 is 2.12 bits per heavy atom. The van der Waals surface area contributed by atoms with Gasteiger partial charge < -0.3 is 14.9 Å². The summed E-state index contributed by atoms with van der Waals surface area (Å²) in [7, 11) is 0. The van der Waals surface area contributed by atoms with Gasteiger partial charge in [0.2, 0.25) is 0 Å². The molecule has 2 aliphatic carbocycles. The van der Waals surface area contributed by atoms with Gasteiger partial charge in [-0.2, -0.15) is 0 Å². The van der Waals surface area contributed by atoms with Crippen molar-refractivity contribution in [1.29, 1.82) is 0 Å². The number of ether oxygens (including phenoxy) is 1. The summed E-state index contributed by atoms with van der Waals surface area (Å²) < 4.78 is 6.24. The van der Waals surface area contributed by atoms with Crippen LogP contribution < -0.4 is 0 Å². The number of carbonyl (C=O) groups excluding carboxylic acids is 1. The average molecular weight is 348 g/mol. The summed E-state index contributed by atoms with van der Waals surface area (Å²) in [6, 6.07) is 0. The summed E-state index contributed by atoms with van der Waals surface area (Å²) >= 11 is 0. The van der Waals surface area contributed by atoms with E-state index in [9.17, 15) is 15.0 Å². The average Bonchev–Trinajstić information content (AvgIpc) is 2.86.